The summed E-state index contributed by atoms with van der Waals surface area (Å²) >= 11 is 0. The first-order valence-electron chi connectivity index (χ1n) is 6.65. The highest BCUT2D eigenvalue weighted by Crippen LogP contribution is 2.42. The zero-order valence-corrected chi connectivity index (χ0v) is 11.9. The maximum Gasteiger partial charge on any atom is 0.258 e. The Morgan fingerprint density at radius 2 is 1.70 bits per heavy atom. The second-order valence-electron chi connectivity index (χ2n) is 3.96. The van der Waals surface area contributed by atoms with Gasteiger partial charge in [0.15, 0.2) is 11.5 Å². The van der Waals surface area contributed by atoms with E-state index in [1.165, 1.54) is 6.33 Å². The summed E-state index contributed by atoms with van der Waals surface area (Å²) < 4.78 is 16.8. The van der Waals surface area contributed by atoms with E-state index in [1.807, 2.05) is 20.8 Å². The van der Waals surface area contributed by atoms with Crippen LogP contribution in [0.1, 0.15) is 20.8 Å². The molecule has 0 fully saturated rings. The van der Waals surface area contributed by atoms with Gasteiger partial charge in [-0.25, -0.2) is 4.98 Å². The summed E-state index contributed by atoms with van der Waals surface area (Å²) in [7, 11) is 0. The van der Waals surface area contributed by atoms with Crippen LogP contribution in [-0.2, 0) is 0 Å². The van der Waals surface area contributed by atoms with Crippen molar-refractivity contribution in [3.05, 3.63) is 22.7 Å². The summed E-state index contributed by atoms with van der Waals surface area (Å²) in [5.74, 6) is 1.42. The Labute approximate surface area is 116 Å². The van der Waals surface area contributed by atoms with Crippen LogP contribution in [0.5, 0.6) is 17.2 Å². The van der Waals surface area contributed by atoms with E-state index in [0.717, 1.165) is 0 Å². The fourth-order valence-corrected chi connectivity index (χ4v) is 1.96. The van der Waals surface area contributed by atoms with Gasteiger partial charge in [-0.1, -0.05) is 0 Å². The molecule has 1 aromatic carbocycles. The largest absolute Gasteiger partial charge is 0.490 e. The van der Waals surface area contributed by atoms with Crippen LogP contribution < -0.4 is 19.8 Å². The number of hydrogen-bond donors (Lipinski definition) is 1. The fourth-order valence-electron chi connectivity index (χ4n) is 1.96. The Morgan fingerprint density at radius 1 is 1.05 bits per heavy atom. The second kappa shape index (κ2) is 6.27. The van der Waals surface area contributed by atoms with Gasteiger partial charge in [0, 0.05) is 0 Å². The van der Waals surface area contributed by atoms with E-state index in [1.54, 1.807) is 6.07 Å². The van der Waals surface area contributed by atoms with Crippen molar-refractivity contribution in [2.24, 2.45) is 0 Å². The van der Waals surface area contributed by atoms with Gasteiger partial charge < -0.3 is 19.2 Å². The Bertz CT molecular complexity index is 651. The molecule has 0 radical (unpaired) electrons. The SMILES string of the molecule is CCOc1cc2c(=O)[nH]cnc2c(OCC)c1OCC. The molecule has 2 aromatic rings. The third-order valence-corrected chi connectivity index (χ3v) is 2.69. The van der Waals surface area contributed by atoms with Crippen LogP contribution in [0.2, 0.25) is 0 Å². The zero-order valence-electron chi connectivity index (χ0n) is 11.9. The van der Waals surface area contributed by atoms with Crippen LogP contribution in [-0.4, -0.2) is 29.8 Å². The molecule has 0 aliphatic rings. The van der Waals surface area contributed by atoms with E-state index < -0.39 is 0 Å². The summed E-state index contributed by atoms with van der Waals surface area (Å²) in [6.07, 6.45) is 1.35. The molecule has 1 aromatic heterocycles. The lowest BCUT2D eigenvalue weighted by Gasteiger charge is -2.16. The molecule has 0 aliphatic carbocycles. The highest BCUT2D eigenvalue weighted by molar-refractivity contribution is 5.89. The normalized spacial score (nSPS) is 10.6. The van der Waals surface area contributed by atoms with Crippen LogP contribution >= 0.6 is 0 Å². The first-order chi connectivity index (χ1) is 9.72. The Balaban J connectivity index is 2.78. The van der Waals surface area contributed by atoms with E-state index in [0.29, 0.717) is 48.0 Å². The molecule has 0 bridgehead atoms. The number of rotatable bonds is 6. The molecule has 1 N–H and O–H groups in total. The van der Waals surface area contributed by atoms with Crippen LogP contribution in [0.3, 0.4) is 0 Å². The van der Waals surface area contributed by atoms with Gasteiger partial charge in [-0.2, -0.15) is 0 Å². The maximum absolute atomic E-state index is 11.9. The molecular formula is C14H18N2O4. The molecule has 6 nitrogen and oxygen atoms in total. The summed E-state index contributed by atoms with van der Waals surface area (Å²) in [4.78, 5) is 18.6. The number of ether oxygens (including phenoxy) is 3. The molecule has 2 rings (SSSR count). The fraction of sp³-hybridized carbons (Fsp3) is 0.429. The molecule has 0 atom stereocenters. The van der Waals surface area contributed by atoms with Crippen molar-refractivity contribution in [1.29, 1.82) is 0 Å². The predicted octanol–water partition coefficient (Wildman–Crippen LogP) is 2.12. The summed E-state index contributed by atoms with van der Waals surface area (Å²) in [6.45, 7) is 6.99. The standard InChI is InChI=1S/C14H18N2O4/c1-4-18-10-7-9-11(15-8-16-14(9)17)13(20-6-3)12(10)19-5-2/h7-8H,4-6H2,1-3H3,(H,15,16,17). The molecule has 0 saturated carbocycles. The van der Waals surface area contributed by atoms with Crippen LogP contribution in [0, 0.1) is 0 Å². The Morgan fingerprint density at radius 3 is 2.35 bits per heavy atom. The second-order valence-corrected chi connectivity index (χ2v) is 3.96. The van der Waals surface area contributed by atoms with Crippen molar-refractivity contribution >= 4 is 10.9 Å². The van der Waals surface area contributed by atoms with E-state index in [-0.39, 0.29) is 5.56 Å². The zero-order chi connectivity index (χ0) is 14.5. The van der Waals surface area contributed by atoms with Crippen molar-refractivity contribution in [2.75, 3.05) is 19.8 Å². The molecule has 1 heterocycles. The van der Waals surface area contributed by atoms with Gasteiger partial charge in [0.25, 0.3) is 5.56 Å². The Hall–Kier alpha value is -2.24. The number of aromatic nitrogens is 2. The van der Waals surface area contributed by atoms with Crippen molar-refractivity contribution < 1.29 is 14.2 Å². The third kappa shape index (κ3) is 2.54. The van der Waals surface area contributed by atoms with Crippen molar-refractivity contribution in [3.63, 3.8) is 0 Å². The lowest BCUT2D eigenvalue weighted by molar-refractivity contribution is 0.263. The minimum Gasteiger partial charge on any atom is -0.490 e. The molecule has 6 heteroatoms. The molecule has 0 aliphatic heterocycles. The van der Waals surface area contributed by atoms with Gasteiger partial charge in [-0.3, -0.25) is 4.79 Å². The predicted molar refractivity (Wildman–Crippen MR) is 75.9 cm³/mol. The minimum absolute atomic E-state index is 0.236. The van der Waals surface area contributed by atoms with E-state index in [2.05, 4.69) is 9.97 Å². The monoisotopic (exact) mass is 278 g/mol. The smallest absolute Gasteiger partial charge is 0.258 e. The molecule has 108 valence electrons. The van der Waals surface area contributed by atoms with E-state index in [9.17, 15) is 4.79 Å². The summed E-state index contributed by atoms with van der Waals surface area (Å²) in [5, 5.41) is 0.419. The van der Waals surface area contributed by atoms with Gasteiger partial charge in [0.05, 0.1) is 31.5 Å². The molecule has 0 saturated heterocycles. The van der Waals surface area contributed by atoms with E-state index >= 15 is 0 Å². The number of benzene rings is 1. The quantitative estimate of drug-likeness (QED) is 0.876. The Kier molecular flexibility index (Phi) is 4.45. The highest BCUT2D eigenvalue weighted by Gasteiger charge is 2.19. The molecule has 0 amide bonds. The van der Waals surface area contributed by atoms with Crippen molar-refractivity contribution in [2.45, 2.75) is 20.8 Å². The number of aromatic amines is 1. The lowest BCUT2D eigenvalue weighted by Crippen LogP contribution is -2.10. The van der Waals surface area contributed by atoms with Crippen LogP contribution in [0.25, 0.3) is 10.9 Å². The van der Waals surface area contributed by atoms with Crippen LogP contribution in [0.4, 0.5) is 0 Å². The topological polar surface area (TPSA) is 73.4 Å². The number of hydrogen-bond acceptors (Lipinski definition) is 5. The van der Waals surface area contributed by atoms with Gasteiger partial charge in [-0.05, 0) is 26.8 Å². The van der Waals surface area contributed by atoms with E-state index in [4.69, 9.17) is 14.2 Å². The third-order valence-electron chi connectivity index (χ3n) is 2.69. The molecule has 0 spiro atoms. The van der Waals surface area contributed by atoms with Gasteiger partial charge in [0.2, 0.25) is 5.75 Å². The molecule has 20 heavy (non-hydrogen) atoms. The molecule has 0 unspecified atom stereocenters. The number of H-pyrrole nitrogens is 1. The van der Waals surface area contributed by atoms with Crippen molar-refractivity contribution in [3.8, 4) is 17.2 Å². The summed E-state index contributed by atoms with van der Waals surface area (Å²) in [6, 6.07) is 1.64. The molecular weight excluding hydrogens is 260 g/mol. The number of nitrogens with zero attached hydrogens (tertiary/aromatic N) is 1. The van der Waals surface area contributed by atoms with Gasteiger partial charge in [0.1, 0.15) is 5.52 Å². The average Bonchev–Trinajstić information content (AvgIpc) is 2.44. The first kappa shape index (κ1) is 14.2. The maximum atomic E-state index is 11.9. The first-order valence-corrected chi connectivity index (χ1v) is 6.65. The summed E-state index contributed by atoms with van der Waals surface area (Å²) in [5.41, 5.74) is 0.238. The van der Waals surface area contributed by atoms with Crippen molar-refractivity contribution in [1.82, 2.24) is 9.97 Å². The number of fused-ring (bicyclic) bond motifs is 1. The number of nitrogens with one attached hydrogen (secondary N) is 1. The van der Waals surface area contributed by atoms with Gasteiger partial charge in [-0.15, -0.1) is 0 Å². The average molecular weight is 278 g/mol. The van der Waals surface area contributed by atoms with Crippen LogP contribution in [0.15, 0.2) is 17.2 Å². The lowest BCUT2D eigenvalue weighted by atomic mass is 10.2. The minimum atomic E-state index is -0.236. The van der Waals surface area contributed by atoms with Gasteiger partial charge >= 0.3 is 0 Å². The highest BCUT2D eigenvalue weighted by atomic mass is 16.5.